The Morgan fingerprint density at radius 1 is 1.19 bits per heavy atom. The van der Waals surface area contributed by atoms with E-state index in [1.165, 1.54) is 51.6 Å². The SMILES string of the molecule is CCC1CCCN(C2CCCC(CO)(NC(C)C)C2)CC1. The zero-order valence-corrected chi connectivity index (χ0v) is 14.4. The topological polar surface area (TPSA) is 35.5 Å². The maximum Gasteiger partial charge on any atom is 0.0613 e. The lowest BCUT2D eigenvalue weighted by Gasteiger charge is -2.45. The third-order valence-corrected chi connectivity index (χ3v) is 5.69. The number of rotatable bonds is 5. The van der Waals surface area contributed by atoms with Crippen molar-refractivity contribution in [1.82, 2.24) is 10.2 Å². The second-order valence-corrected chi connectivity index (χ2v) is 7.73. The summed E-state index contributed by atoms with van der Waals surface area (Å²) in [6, 6.07) is 1.12. The molecule has 0 radical (unpaired) electrons. The van der Waals surface area contributed by atoms with Crippen LogP contribution in [0.5, 0.6) is 0 Å². The minimum atomic E-state index is -0.0342. The molecule has 124 valence electrons. The molecule has 1 heterocycles. The lowest BCUT2D eigenvalue weighted by Crippen LogP contribution is -2.57. The van der Waals surface area contributed by atoms with Crippen molar-refractivity contribution in [3.05, 3.63) is 0 Å². The molecular formula is C18H36N2O. The molecule has 2 aliphatic rings. The predicted molar refractivity (Wildman–Crippen MR) is 89.5 cm³/mol. The highest BCUT2D eigenvalue weighted by Crippen LogP contribution is 2.33. The molecule has 0 aromatic rings. The van der Waals surface area contributed by atoms with Gasteiger partial charge in [0.15, 0.2) is 0 Å². The Hall–Kier alpha value is -0.120. The molecule has 2 N–H and O–H groups in total. The van der Waals surface area contributed by atoms with Crippen LogP contribution in [0.1, 0.15) is 72.1 Å². The average Bonchev–Trinajstić information content (AvgIpc) is 2.72. The standard InChI is InChI=1S/C18H36N2O/c1-4-16-7-6-11-20(12-9-16)17-8-5-10-18(13-17,14-21)19-15(2)3/h15-17,19,21H,4-14H2,1-3H3. The summed E-state index contributed by atoms with van der Waals surface area (Å²) in [4.78, 5) is 2.74. The van der Waals surface area contributed by atoms with Crippen LogP contribution in [0.15, 0.2) is 0 Å². The molecule has 3 nitrogen and oxygen atoms in total. The fourth-order valence-electron chi connectivity index (χ4n) is 4.54. The highest BCUT2D eigenvalue weighted by molar-refractivity contribution is 4.97. The van der Waals surface area contributed by atoms with Crippen molar-refractivity contribution in [1.29, 1.82) is 0 Å². The van der Waals surface area contributed by atoms with Crippen LogP contribution in [0, 0.1) is 5.92 Å². The molecular weight excluding hydrogens is 260 g/mol. The second-order valence-electron chi connectivity index (χ2n) is 7.73. The first kappa shape index (κ1) is 17.2. The van der Waals surface area contributed by atoms with Crippen molar-refractivity contribution in [2.45, 2.75) is 89.8 Å². The number of hydrogen-bond acceptors (Lipinski definition) is 3. The van der Waals surface area contributed by atoms with Gasteiger partial charge in [0.1, 0.15) is 0 Å². The molecule has 2 rings (SSSR count). The first-order chi connectivity index (χ1) is 10.1. The first-order valence-corrected chi connectivity index (χ1v) is 9.21. The Balaban J connectivity index is 1.96. The molecule has 1 aliphatic carbocycles. The van der Waals surface area contributed by atoms with Crippen LogP contribution < -0.4 is 5.32 Å². The number of nitrogens with one attached hydrogen (secondary N) is 1. The van der Waals surface area contributed by atoms with Crippen molar-refractivity contribution >= 4 is 0 Å². The smallest absolute Gasteiger partial charge is 0.0613 e. The fraction of sp³-hybridized carbons (Fsp3) is 1.00. The van der Waals surface area contributed by atoms with Gasteiger partial charge in [-0.15, -0.1) is 0 Å². The summed E-state index contributed by atoms with van der Waals surface area (Å²) in [5.74, 6) is 0.940. The van der Waals surface area contributed by atoms with Crippen LogP contribution >= 0.6 is 0 Å². The van der Waals surface area contributed by atoms with Gasteiger partial charge in [-0.05, 0) is 64.0 Å². The zero-order valence-electron chi connectivity index (χ0n) is 14.4. The summed E-state index contributed by atoms with van der Waals surface area (Å²) < 4.78 is 0. The minimum Gasteiger partial charge on any atom is -0.394 e. The fourth-order valence-corrected chi connectivity index (χ4v) is 4.54. The molecule has 3 atom stereocenters. The van der Waals surface area contributed by atoms with Crippen LogP contribution in [0.2, 0.25) is 0 Å². The molecule has 0 amide bonds. The Kier molecular flexibility index (Phi) is 6.51. The normalized spacial score (nSPS) is 35.9. The Morgan fingerprint density at radius 3 is 2.67 bits per heavy atom. The van der Waals surface area contributed by atoms with Crippen LogP contribution in [0.4, 0.5) is 0 Å². The number of nitrogens with zero attached hydrogens (tertiary/aromatic N) is 1. The number of hydrogen-bond donors (Lipinski definition) is 2. The van der Waals surface area contributed by atoms with Crippen LogP contribution in [0.3, 0.4) is 0 Å². The van der Waals surface area contributed by atoms with Gasteiger partial charge in [-0.25, -0.2) is 0 Å². The van der Waals surface area contributed by atoms with Gasteiger partial charge in [0.2, 0.25) is 0 Å². The third-order valence-electron chi connectivity index (χ3n) is 5.69. The van der Waals surface area contributed by atoms with E-state index in [0.717, 1.165) is 18.8 Å². The molecule has 1 aliphatic heterocycles. The second kappa shape index (κ2) is 7.94. The molecule has 0 bridgehead atoms. The van der Waals surface area contributed by atoms with E-state index in [0.29, 0.717) is 12.1 Å². The Morgan fingerprint density at radius 2 is 2.00 bits per heavy atom. The molecule has 3 heteroatoms. The van der Waals surface area contributed by atoms with Gasteiger partial charge in [-0.2, -0.15) is 0 Å². The van der Waals surface area contributed by atoms with E-state index in [1.54, 1.807) is 0 Å². The van der Waals surface area contributed by atoms with Gasteiger partial charge in [0, 0.05) is 17.6 Å². The van der Waals surface area contributed by atoms with Gasteiger partial charge in [0.05, 0.1) is 6.61 Å². The van der Waals surface area contributed by atoms with E-state index >= 15 is 0 Å². The van der Waals surface area contributed by atoms with Crippen molar-refractivity contribution in [3.63, 3.8) is 0 Å². The van der Waals surface area contributed by atoms with Crippen molar-refractivity contribution < 1.29 is 5.11 Å². The van der Waals surface area contributed by atoms with Crippen LogP contribution in [0.25, 0.3) is 0 Å². The van der Waals surface area contributed by atoms with E-state index in [9.17, 15) is 5.11 Å². The lowest BCUT2D eigenvalue weighted by molar-refractivity contribution is 0.0550. The number of likely N-dealkylation sites (tertiary alicyclic amines) is 1. The average molecular weight is 296 g/mol. The zero-order chi connectivity index (χ0) is 15.3. The van der Waals surface area contributed by atoms with Crippen molar-refractivity contribution in [2.75, 3.05) is 19.7 Å². The largest absolute Gasteiger partial charge is 0.394 e. The van der Waals surface area contributed by atoms with E-state index < -0.39 is 0 Å². The molecule has 2 fully saturated rings. The summed E-state index contributed by atoms with van der Waals surface area (Å²) in [7, 11) is 0. The Bertz CT molecular complexity index is 308. The summed E-state index contributed by atoms with van der Waals surface area (Å²) in [5, 5.41) is 13.6. The number of aliphatic hydroxyl groups excluding tert-OH is 1. The van der Waals surface area contributed by atoms with Gasteiger partial charge < -0.3 is 15.3 Å². The van der Waals surface area contributed by atoms with Gasteiger partial charge >= 0.3 is 0 Å². The minimum absolute atomic E-state index is 0.0342. The predicted octanol–water partition coefficient (Wildman–Crippen LogP) is 3.17. The number of aliphatic hydroxyl groups is 1. The van der Waals surface area contributed by atoms with E-state index in [4.69, 9.17) is 0 Å². The molecule has 3 unspecified atom stereocenters. The van der Waals surface area contributed by atoms with Gasteiger partial charge in [-0.1, -0.05) is 27.2 Å². The van der Waals surface area contributed by atoms with Gasteiger partial charge in [0.25, 0.3) is 0 Å². The van der Waals surface area contributed by atoms with Crippen LogP contribution in [-0.4, -0.2) is 47.3 Å². The quantitative estimate of drug-likeness (QED) is 0.818. The maximum absolute atomic E-state index is 9.96. The molecule has 1 saturated heterocycles. The van der Waals surface area contributed by atoms with Gasteiger partial charge in [-0.3, -0.25) is 0 Å². The molecule has 0 spiro atoms. The molecule has 21 heavy (non-hydrogen) atoms. The highest BCUT2D eigenvalue weighted by Gasteiger charge is 2.38. The third kappa shape index (κ3) is 4.67. The molecule has 0 aromatic heterocycles. The lowest BCUT2D eigenvalue weighted by atomic mass is 9.78. The van der Waals surface area contributed by atoms with E-state index in [-0.39, 0.29) is 12.1 Å². The summed E-state index contributed by atoms with van der Waals surface area (Å²) in [6.45, 7) is 9.55. The van der Waals surface area contributed by atoms with Crippen molar-refractivity contribution in [2.24, 2.45) is 5.92 Å². The van der Waals surface area contributed by atoms with E-state index in [2.05, 4.69) is 31.0 Å². The summed E-state index contributed by atoms with van der Waals surface area (Å²) in [5.41, 5.74) is -0.0342. The first-order valence-electron chi connectivity index (χ1n) is 9.21. The summed E-state index contributed by atoms with van der Waals surface area (Å²) >= 11 is 0. The highest BCUT2D eigenvalue weighted by atomic mass is 16.3. The maximum atomic E-state index is 9.96. The molecule has 0 aromatic carbocycles. The molecule has 1 saturated carbocycles. The van der Waals surface area contributed by atoms with Crippen LogP contribution in [-0.2, 0) is 0 Å². The monoisotopic (exact) mass is 296 g/mol. The van der Waals surface area contributed by atoms with E-state index in [1.807, 2.05) is 0 Å². The Labute approximate surface area is 131 Å². The summed E-state index contributed by atoms with van der Waals surface area (Å²) in [6.07, 6.45) is 10.3. The van der Waals surface area contributed by atoms with Crippen molar-refractivity contribution in [3.8, 4) is 0 Å².